The van der Waals surface area contributed by atoms with Gasteiger partial charge in [-0.2, -0.15) is 0 Å². The summed E-state index contributed by atoms with van der Waals surface area (Å²) in [5.74, 6) is 0.476. The number of hydrogen-bond acceptors (Lipinski definition) is 4. The fourth-order valence-electron chi connectivity index (χ4n) is 1.79. The van der Waals surface area contributed by atoms with Crippen LogP contribution in [0, 0.1) is 13.8 Å². The van der Waals surface area contributed by atoms with Gasteiger partial charge in [0.2, 0.25) is 5.88 Å². The van der Waals surface area contributed by atoms with E-state index >= 15 is 0 Å². The molecule has 0 spiro atoms. The Kier molecular flexibility index (Phi) is 5.42. The first-order valence-corrected chi connectivity index (χ1v) is 6.19. The van der Waals surface area contributed by atoms with Gasteiger partial charge in [0.25, 0.3) is 0 Å². The molecule has 0 aliphatic rings. The lowest BCUT2D eigenvalue weighted by Gasteiger charge is -2.12. The number of aryl methyl sites for hydroxylation is 2. The average molecular weight is 251 g/mol. The van der Waals surface area contributed by atoms with Crippen molar-refractivity contribution in [3.8, 4) is 5.88 Å². The fraction of sp³-hybridized carbons (Fsp3) is 0.538. The molecule has 100 valence electrons. The highest BCUT2D eigenvalue weighted by Gasteiger charge is 2.14. The van der Waals surface area contributed by atoms with Crippen molar-refractivity contribution in [2.75, 3.05) is 6.61 Å². The molecule has 0 aliphatic carbocycles. The fourth-order valence-corrected chi connectivity index (χ4v) is 1.79. The molecule has 3 N–H and O–H groups in total. The minimum atomic E-state index is 0.0329. The van der Waals surface area contributed by atoms with E-state index in [1.807, 2.05) is 19.9 Å². The van der Waals surface area contributed by atoms with Crippen molar-refractivity contribution in [3.63, 3.8) is 0 Å². The normalized spacial score (nSPS) is 11.6. The molecule has 1 aromatic heterocycles. The van der Waals surface area contributed by atoms with Crippen LogP contribution >= 0.6 is 0 Å². The highest BCUT2D eigenvalue weighted by molar-refractivity contribution is 6.00. The van der Waals surface area contributed by atoms with Crippen molar-refractivity contribution in [2.45, 2.75) is 40.0 Å². The van der Waals surface area contributed by atoms with E-state index in [1.54, 1.807) is 0 Å². The van der Waals surface area contributed by atoms with E-state index in [0.29, 0.717) is 18.1 Å². The first-order valence-electron chi connectivity index (χ1n) is 6.19. The molecule has 0 unspecified atom stereocenters. The SMILES string of the molecule is CCCCCOc1nc(C)cc(C)c1C(N)=NO. The first kappa shape index (κ1) is 14.3. The average Bonchev–Trinajstić information content (AvgIpc) is 2.33. The van der Waals surface area contributed by atoms with Crippen LogP contribution in [-0.4, -0.2) is 22.6 Å². The van der Waals surface area contributed by atoms with E-state index in [9.17, 15) is 0 Å². The number of aromatic nitrogens is 1. The van der Waals surface area contributed by atoms with Crippen molar-refractivity contribution < 1.29 is 9.94 Å². The van der Waals surface area contributed by atoms with Crippen LogP contribution in [0.5, 0.6) is 5.88 Å². The van der Waals surface area contributed by atoms with E-state index in [4.69, 9.17) is 15.7 Å². The van der Waals surface area contributed by atoms with Crippen LogP contribution in [0.2, 0.25) is 0 Å². The summed E-state index contributed by atoms with van der Waals surface area (Å²) in [5, 5.41) is 11.8. The van der Waals surface area contributed by atoms with E-state index in [-0.39, 0.29) is 5.84 Å². The summed E-state index contributed by atoms with van der Waals surface area (Å²) in [7, 11) is 0. The molecule has 0 amide bonds. The Morgan fingerprint density at radius 1 is 1.44 bits per heavy atom. The van der Waals surface area contributed by atoms with Crippen LogP contribution in [0.3, 0.4) is 0 Å². The van der Waals surface area contributed by atoms with Crippen LogP contribution in [0.25, 0.3) is 0 Å². The van der Waals surface area contributed by atoms with Crippen LogP contribution in [0.15, 0.2) is 11.2 Å². The summed E-state index contributed by atoms with van der Waals surface area (Å²) in [5.41, 5.74) is 7.97. The second kappa shape index (κ2) is 6.83. The maximum Gasteiger partial charge on any atom is 0.225 e. The number of nitrogens with zero attached hydrogens (tertiary/aromatic N) is 2. The van der Waals surface area contributed by atoms with Gasteiger partial charge in [0.1, 0.15) is 0 Å². The maximum absolute atomic E-state index is 8.80. The Morgan fingerprint density at radius 3 is 2.78 bits per heavy atom. The summed E-state index contributed by atoms with van der Waals surface area (Å²) in [6, 6.07) is 1.88. The monoisotopic (exact) mass is 251 g/mol. The molecule has 0 saturated heterocycles. The molecule has 1 heterocycles. The van der Waals surface area contributed by atoms with E-state index in [2.05, 4.69) is 17.1 Å². The standard InChI is InChI=1S/C13H21N3O2/c1-4-5-6-7-18-13-11(12(14)16-17)9(2)8-10(3)15-13/h8,17H,4-7H2,1-3H3,(H2,14,16). The zero-order valence-electron chi connectivity index (χ0n) is 11.2. The minimum absolute atomic E-state index is 0.0329. The number of pyridine rings is 1. The van der Waals surface area contributed by atoms with Gasteiger partial charge in [-0.05, 0) is 31.9 Å². The zero-order valence-corrected chi connectivity index (χ0v) is 11.2. The number of unbranched alkanes of at least 4 members (excludes halogenated alkanes) is 2. The van der Waals surface area contributed by atoms with Gasteiger partial charge >= 0.3 is 0 Å². The Hall–Kier alpha value is -1.78. The van der Waals surface area contributed by atoms with Crippen molar-refractivity contribution in [1.29, 1.82) is 0 Å². The summed E-state index contributed by atoms with van der Waals surface area (Å²) in [6.45, 7) is 6.51. The third-order valence-corrected chi connectivity index (χ3v) is 2.66. The number of amidine groups is 1. The van der Waals surface area contributed by atoms with E-state index in [1.165, 1.54) is 0 Å². The summed E-state index contributed by atoms with van der Waals surface area (Å²) >= 11 is 0. The maximum atomic E-state index is 8.80. The third kappa shape index (κ3) is 3.61. The Labute approximate surface area is 108 Å². The molecule has 0 aliphatic heterocycles. The lowest BCUT2D eigenvalue weighted by molar-refractivity contribution is 0.292. The number of nitrogens with two attached hydrogens (primary N) is 1. The van der Waals surface area contributed by atoms with Gasteiger partial charge in [-0.3, -0.25) is 0 Å². The highest BCUT2D eigenvalue weighted by atomic mass is 16.5. The Morgan fingerprint density at radius 2 is 2.17 bits per heavy atom. The molecule has 0 atom stereocenters. The molecule has 5 nitrogen and oxygen atoms in total. The lowest BCUT2D eigenvalue weighted by Crippen LogP contribution is -2.18. The Balaban J connectivity index is 2.93. The number of hydrogen-bond donors (Lipinski definition) is 2. The Bertz CT molecular complexity index is 430. The van der Waals surface area contributed by atoms with Crippen LogP contribution < -0.4 is 10.5 Å². The second-order valence-electron chi connectivity index (χ2n) is 4.30. The molecule has 0 fully saturated rings. The third-order valence-electron chi connectivity index (χ3n) is 2.66. The summed E-state index contributed by atoms with van der Waals surface area (Å²) < 4.78 is 5.64. The van der Waals surface area contributed by atoms with Gasteiger partial charge in [-0.25, -0.2) is 4.98 Å². The van der Waals surface area contributed by atoms with Gasteiger partial charge in [0.15, 0.2) is 5.84 Å². The van der Waals surface area contributed by atoms with Crippen molar-refractivity contribution in [1.82, 2.24) is 4.98 Å². The molecular formula is C13H21N3O2. The van der Waals surface area contributed by atoms with Crippen LogP contribution in [-0.2, 0) is 0 Å². The first-order chi connectivity index (χ1) is 8.60. The van der Waals surface area contributed by atoms with Crippen LogP contribution in [0.1, 0.15) is 43.0 Å². The molecule has 0 bridgehead atoms. The van der Waals surface area contributed by atoms with Gasteiger partial charge in [0, 0.05) is 5.69 Å². The van der Waals surface area contributed by atoms with Crippen molar-refractivity contribution in [2.24, 2.45) is 10.9 Å². The largest absolute Gasteiger partial charge is 0.477 e. The smallest absolute Gasteiger partial charge is 0.225 e. The molecule has 5 heteroatoms. The quantitative estimate of drug-likeness (QED) is 0.267. The molecule has 0 radical (unpaired) electrons. The summed E-state index contributed by atoms with van der Waals surface area (Å²) in [6.07, 6.45) is 3.22. The van der Waals surface area contributed by atoms with Gasteiger partial charge in [0.05, 0.1) is 12.2 Å². The lowest BCUT2D eigenvalue weighted by atomic mass is 10.1. The molecule has 0 aromatic carbocycles. The predicted molar refractivity (Wildman–Crippen MR) is 71.2 cm³/mol. The zero-order chi connectivity index (χ0) is 13.5. The predicted octanol–water partition coefficient (Wildman–Crippen LogP) is 2.36. The molecular weight excluding hydrogens is 230 g/mol. The molecule has 1 rings (SSSR count). The van der Waals surface area contributed by atoms with Gasteiger partial charge in [-0.1, -0.05) is 24.9 Å². The topological polar surface area (TPSA) is 80.7 Å². The number of oxime groups is 1. The minimum Gasteiger partial charge on any atom is -0.477 e. The van der Waals surface area contributed by atoms with E-state index in [0.717, 1.165) is 30.5 Å². The molecule has 0 saturated carbocycles. The molecule has 18 heavy (non-hydrogen) atoms. The highest BCUT2D eigenvalue weighted by Crippen LogP contribution is 2.21. The molecule has 1 aromatic rings. The van der Waals surface area contributed by atoms with Crippen molar-refractivity contribution >= 4 is 5.84 Å². The van der Waals surface area contributed by atoms with Gasteiger partial charge < -0.3 is 15.7 Å². The van der Waals surface area contributed by atoms with Crippen molar-refractivity contribution in [3.05, 3.63) is 22.9 Å². The van der Waals surface area contributed by atoms with Gasteiger partial charge in [-0.15, -0.1) is 0 Å². The van der Waals surface area contributed by atoms with E-state index < -0.39 is 0 Å². The number of rotatable bonds is 6. The second-order valence-corrected chi connectivity index (χ2v) is 4.30. The van der Waals surface area contributed by atoms with Crippen LogP contribution in [0.4, 0.5) is 0 Å². The summed E-state index contributed by atoms with van der Waals surface area (Å²) in [4.78, 5) is 4.31. The number of ether oxygens (including phenoxy) is 1.